The first-order valence-electron chi connectivity index (χ1n) is 6.32. The minimum atomic E-state index is -0.587. The van der Waals surface area contributed by atoms with Crippen LogP contribution < -0.4 is 16.4 Å². The molecule has 0 fully saturated rings. The Labute approximate surface area is 126 Å². The van der Waals surface area contributed by atoms with Crippen LogP contribution in [0, 0.1) is 0 Å². The first-order valence-corrected chi connectivity index (χ1v) is 6.70. The second-order valence-electron chi connectivity index (χ2n) is 4.71. The van der Waals surface area contributed by atoms with Gasteiger partial charge in [0.1, 0.15) is 6.04 Å². The van der Waals surface area contributed by atoms with Crippen LogP contribution in [0.5, 0.6) is 0 Å². The molecule has 0 aromatic heterocycles. The molecule has 3 rings (SSSR count). The molecular weight excluding hydrogens is 290 g/mol. The van der Waals surface area contributed by atoms with Crippen LogP contribution in [-0.2, 0) is 4.79 Å². The smallest absolute Gasteiger partial charge is 0.251 e. The molecule has 106 valence electrons. The Kier molecular flexibility index (Phi) is 3.27. The summed E-state index contributed by atoms with van der Waals surface area (Å²) in [5, 5.41) is 6.16. The van der Waals surface area contributed by atoms with Crippen molar-refractivity contribution in [1.29, 1.82) is 0 Å². The lowest BCUT2D eigenvalue weighted by atomic mass is 10.1. The number of carbonyl (C=O) groups excluding carboxylic acids is 2. The molecule has 6 heteroatoms. The fourth-order valence-corrected chi connectivity index (χ4v) is 2.60. The van der Waals surface area contributed by atoms with Crippen molar-refractivity contribution in [3.05, 3.63) is 58.6 Å². The van der Waals surface area contributed by atoms with Crippen LogP contribution in [0.15, 0.2) is 42.5 Å². The van der Waals surface area contributed by atoms with Crippen LogP contribution in [0.1, 0.15) is 22.0 Å². The summed E-state index contributed by atoms with van der Waals surface area (Å²) in [4.78, 5) is 23.2. The summed E-state index contributed by atoms with van der Waals surface area (Å²) in [6, 6.07) is 11.7. The quantitative estimate of drug-likeness (QED) is 0.814. The van der Waals surface area contributed by atoms with Gasteiger partial charge in [0.15, 0.2) is 0 Å². The van der Waals surface area contributed by atoms with Crippen LogP contribution in [-0.4, -0.2) is 11.8 Å². The van der Waals surface area contributed by atoms with E-state index in [1.165, 1.54) is 6.07 Å². The third-order valence-electron chi connectivity index (χ3n) is 3.34. The van der Waals surface area contributed by atoms with Gasteiger partial charge in [0, 0.05) is 16.9 Å². The largest absolute Gasteiger partial charge is 0.370 e. The molecule has 2 aromatic carbocycles. The fourth-order valence-electron chi connectivity index (χ4n) is 2.32. The number of hydrogen-bond donors (Lipinski definition) is 3. The molecular formula is C15H12ClN3O2. The SMILES string of the molecule is NC(=O)c1ccc(NC2C(=O)Nc3ccccc32)cc1Cl. The number of rotatable bonds is 3. The number of fused-ring (bicyclic) bond motifs is 1. The van der Waals surface area contributed by atoms with Gasteiger partial charge in [0.25, 0.3) is 5.91 Å². The predicted molar refractivity (Wildman–Crippen MR) is 81.4 cm³/mol. The monoisotopic (exact) mass is 301 g/mol. The van der Waals surface area contributed by atoms with E-state index in [9.17, 15) is 9.59 Å². The number of hydrogen-bond acceptors (Lipinski definition) is 3. The summed E-state index contributed by atoms with van der Waals surface area (Å²) >= 11 is 6.01. The van der Waals surface area contributed by atoms with E-state index < -0.39 is 11.9 Å². The van der Waals surface area contributed by atoms with E-state index in [1.54, 1.807) is 12.1 Å². The molecule has 0 spiro atoms. The zero-order valence-electron chi connectivity index (χ0n) is 10.9. The lowest BCUT2D eigenvalue weighted by Crippen LogP contribution is -2.20. The molecule has 1 unspecified atom stereocenters. The lowest BCUT2D eigenvalue weighted by molar-refractivity contribution is -0.116. The molecule has 0 radical (unpaired) electrons. The first kappa shape index (κ1) is 13.5. The van der Waals surface area contributed by atoms with Gasteiger partial charge in [0.05, 0.1) is 10.6 Å². The van der Waals surface area contributed by atoms with Gasteiger partial charge in [-0.15, -0.1) is 0 Å². The van der Waals surface area contributed by atoms with Crippen LogP contribution in [0.25, 0.3) is 0 Å². The van der Waals surface area contributed by atoms with E-state index in [2.05, 4.69) is 10.6 Å². The number of nitrogens with one attached hydrogen (secondary N) is 2. The van der Waals surface area contributed by atoms with Crippen molar-refractivity contribution < 1.29 is 9.59 Å². The molecule has 5 nitrogen and oxygen atoms in total. The van der Waals surface area contributed by atoms with E-state index in [0.29, 0.717) is 5.69 Å². The van der Waals surface area contributed by atoms with Crippen molar-refractivity contribution in [2.24, 2.45) is 5.73 Å². The Morgan fingerprint density at radius 2 is 2.00 bits per heavy atom. The maximum atomic E-state index is 12.0. The van der Waals surface area contributed by atoms with Crippen molar-refractivity contribution in [3.8, 4) is 0 Å². The molecule has 1 atom stereocenters. The minimum Gasteiger partial charge on any atom is -0.370 e. The van der Waals surface area contributed by atoms with Gasteiger partial charge in [-0.2, -0.15) is 0 Å². The second-order valence-corrected chi connectivity index (χ2v) is 5.12. The lowest BCUT2D eigenvalue weighted by Gasteiger charge is -2.14. The van der Waals surface area contributed by atoms with Crippen molar-refractivity contribution in [3.63, 3.8) is 0 Å². The summed E-state index contributed by atoms with van der Waals surface area (Å²) in [5.74, 6) is -0.721. The van der Waals surface area contributed by atoms with Gasteiger partial charge in [0.2, 0.25) is 5.91 Å². The number of carbonyl (C=O) groups is 2. The molecule has 1 aliphatic heterocycles. The Balaban J connectivity index is 1.89. The number of benzene rings is 2. The molecule has 2 amide bonds. The Morgan fingerprint density at radius 1 is 1.24 bits per heavy atom. The highest BCUT2D eigenvalue weighted by atomic mass is 35.5. The number of primary amides is 1. The highest BCUT2D eigenvalue weighted by Gasteiger charge is 2.30. The molecule has 0 saturated carbocycles. The van der Waals surface area contributed by atoms with E-state index in [-0.39, 0.29) is 16.5 Å². The van der Waals surface area contributed by atoms with Crippen LogP contribution in [0.3, 0.4) is 0 Å². The van der Waals surface area contributed by atoms with Gasteiger partial charge < -0.3 is 16.4 Å². The molecule has 2 aromatic rings. The molecule has 1 heterocycles. The maximum Gasteiger partial charge on any atom is 0.251 e. The molecule has 0 saturated heterocycles. The van der Waals surface area contributed by atoms with Crippen molar-refractivity contribution >= 4 is 34.8 Å². The highest BCUT2D eigenvalue weighted by Crippen LogP contribution is 2.33. The topological polar surface area (TPSA) is 84.2 Å². The van der Waals surface area contributed by atoms with Crippen molar-refractivity contribution in [1.82, 2.24) is 0 Å². The van der Waals surface area contributed by atoms with Crippen LogP contribution >= 0.6 is 11.6 Å². The van der Waals surface area contributed by atoms with Crippen LogP contribution in [0.4, 0.5) is 11.4 Å². The summed E-state index contributed by atoms with van der Waals surface area (Å²) in [5.41, 5.74) is 7.76. The third kappa shape index (κ3) is 2.43. The predicted octanol–water partition coefficient (Wildman–Crippen LogP) is 2.54. The van der Waals surface area contributed by atoms with Crippen LogP contribution in [0.2, 0.25) is 5.02 Å². The number of para-hydroxylation sites is 1. The standard InChI is InChI=1S/C15H12ClN3O2/c16-11-7-8(5-6-9(11)14(17)20)18-13-10-3-1-2-4-12(10)19-15(13)21/h1-7,13,18H,(H2,17,20)(H,19,21). The van der Waals surface area contributed by atoms with E-state index in [4.69, 9.17) is 17.3 Å². The molecule has 1 aliphatic rings. The number of anilines is 2. The third-order valence-corrected chi connectivity index (χ3v) is 3.65. The van der Waals surface area contributed by atoms with Crippen molar-refractivity contribution in [2.45, 2.75) is 6.04 Å². The van der Waals surface area contributed by atoms with Gasteiger partial charge in [-0.25, -0.2) is 0 Å². The molecule has 0 aliphatic carbocycles. The zero-order chi connectivity index (χ0) is 15.0. The molecule has 0 bridgehead atoms. The van der Waals surface area contributed by atoms with Crippen molar-refractivity contribution in [2.75, 3.05) is 10.6 Å². The Hall–Kier alpha value is -2.53. The maximum absolute atomic E-state index is 12.0. The number of nitrogens with two attached hydrogens (primary N) is 1. The normalized spacial score (nSPS) is 16.2. The van der Waals surface area contributed by atoms with Gasteiger partial charge in [-0.1, -0.05) is 29.8 Å². The summed E-state index contributed by atoms with van der Waals surface area (Å²) in [6.07, 6.45) is 0. The molecule has 21 heavy (non-hydrogen) atoms. The Bertz CT molecular complexity index is 745. The number of amides is 2. The Morgan fingerprint density at radius 3 is 2.71 bits per heavy atom. The number of halogens is 1. The van der Waals surface area contributed by atoms with E-state index in [1.807, 2.05) is 24.3 Å². The van der Waals surface area contributed by atoms with E-state index in [0.717, 1.165) is 11.3 Å². The average Bonchev–Trinajstić information content (AvgIpc) is 2.75. The van der Waals surface area contributed by atoms with Gasteiger partial charge in [-0.05, 0) is 24.3 Å². The minimum absolute atomic E-state index is 0.133. The van der Waals surface area contributed by atoms with E-state index >= 15 is 0 Å². The summed E-state index contributed by atoms with van der Waals surface area (Å²) in [7, 11) is 0. The van der Waals surface area contributed by atoms with Gasteiger partial charge in [-0.3, -0.25) is 9.59 Å². The van der Waals surface area contributed by atoms with Gasteiger partial charge >= 0.3 is 0 Å². The zero-order valence-corrected chi connectivity index (χ0v) is 11.6. The highest BCUT2D eigenvalue weighted by molar-refractivity contribution is 6.34. The summed E-state index contributed by atoms with van der Waals surface area (Å²) in [6.45, 7) is 0. The second kappa shape index (κ2) is 5.10. The fraction of sp³-hybridized carbons (Fsp3) is 0.0667. The molecule has 4 N–H and O–H groups in total. The summed E-state index contributed by atoms with van der Waals surface area (Å²) < 4.78 is 0. The first-order chi connectivity index (χ1) is 10.1. The average molecular weight is 302 g/mol.